The van der Waals surface area contributed by atoms with Gasteiger partial charge in [-0.2, -0.15) is 4.68 Å². The number of tetrazole rings is 1. The van der Waals surface area contributed by atoms with Crippen molar-refractivity contribution < 1.29 is 4.39 Å². The second-order valence-corrected chi connectivity index (χ2v) is 3.40. The highest BCUT2D eigenvalue weighted by Gasteiger charge is 2.08. The monoisotopic (exact) mass is 257 g/mol. The predicted molar refractivity (Wildman–Crippen MR) is 51.2 cm³/mol. The number of hydrogen-bond donors (Lipinski definition) is 1. The molecule has 5 nitrogen and oxygen atoms in total. The molecule has 0 amide bonds. The molecule has 0 atom stereocenters. The van der Waals surface area contributed by atoms with Crippen LogP contribution in [0, 0.1) is 5.82 Å². The average molecular weight is 258 g/mol. The first kappa shape index (κ1) is 9.07. The number of anilines is 1. The molecule has 2 N–H and O–H groups in total. The maximum Gasteiger partial charge on any atom is 0.245 e. The van der Waals surface area contributed by atoms with Crippen LogP contribution in [-0.4, -0.2) is 20.2 Å². The predicted octanol–water partition coefficient (Wildman–Crippen LogP) is 1.15. The highest BCUT2D eigenvalue weighted by molar-refractivity contribution is 9.10. The lowest BCUT2D eigenvalue weighted by Gasteiger charge is -2.03. The fraction of sp³-hybridized carbons (Fsp3) is 0. The van der Waals surface area contributed by atoms with Crippen molar-refractivity contribution >= 4 is 21.9 Å². The van der Waals surface area contributed by atoms with Crippen molar-refractivity contribution in [2.45, 2.75) is 0 Å². The summed E-state index contributed by atoms with van der Waals surface area (Å²) in [6.07, 6.45) is 0. The third kappa shape index (κ3) is 1.46. The lowest BCUT2D eigenvalue weighted by Crippen LogP contribution is -2.03. The first-order valence-electron chi connectivity index (χ1n) is 3.68. The van der Waals surface area contributed by atoms with Gasteiger partial charge in [-0.15, -0.1) is 0 Å². The fourth-order valence-electron chi connectivity index (χ4n) is 1.02. The maximum absolute atomic E-state index is 12.8. The molecule has 0 unspecified atom stereocenters. The van der Waals surface area contributed by atoms with Gasteiger partial charge in [0.25, 0.3) is 0 Å². The normalized spacial score (nSPS) is 10.4. The minimum atomic E-state index is -0.340. The molecule has 0 aliphatic heterocycles. The number of benzene rings is 1. The Bertz CT molecular complexity index is 469. The Morgan fingerprint density at radius 2 is 2.21 bits per heavy atom. The van der Waals surface area contributed by atoms with E-state index in [1.54, 1.807) is 0 Å². The Kier molecular flexibility index (Phi) is 2.16. The van der Waals surface area contributed by atoms with E-state index in [4.69, 9.17) is 5.73 Å². The highest BCUT2D eigenvalue weighted by atomic mass is 79.9. The third-order valence-electron chi connectivity index (χ3n) is 1.63. The molecule has 0 saturated carbocycles. The molecule has 1 aromatic carbocycles. The summed E-state index contributed by atoms with van der Waals surface area (Å²) in [7, 11) is 0. The molecule has 2 rings (SSSR count). The maximum atomic E-state index is 12.8. The van der Waals surface area contributed by atoms with E-state index >= 15 is 0 Å². The van der Waals surface area contributed by atoms with Crippen molar-refractivity contribution in [1.82, 2.24) is 20.2 Å². The molecular weight excluding hydrogens is 253 g/mol. The van der Waals surface area contributed by atoms with Crippen molar-refractivity contribution in [2.75, 3.05) is 5.73 Å². The third-order valence-corrected chi connectivity index (χ3v) is 2.27. The quantitative estimate of drug-likeness (QED) is 0.832. The SMILES string of the molecule is Nc1nnnn1-c1ccc(F)cc1Br. The van der Waals surface area contributed by atoms with Crippen molar-refractivity contribution in [3.63, 3.8) is 0 Å². The first-order valence-corrected chi connectivity index (χ1v) is 4.47. The van der Waals surface area contributed by atoms with Gasteiger partial charge in [-0.05, 0) is 44.6 Å². The van der Waals surface area contributed by atoms with Crippen LogP contribution in [0.2, 0.25) is 0 Å². The summed E-state index contributed by atoms with van der Waals surface area (Å²) in [5, 5.41) is 10.6. The topological polar surface area (TPSA) is 69.6 Å². The van der Waals surface area contributed by atoms with Gasteiger partial charge in [0.2, 0.25) is 5.95 Å². The van der Waals surface area contributed by atoms with Crippen molar-refractivity contribution in [2.24, 2.45) is 0 Å². The molecule has 0 radical (unpaired) electrons. The van der Waals surface area contributed by atoms with E-state index in [9.17, 15) is 4.39 Å². The van der Waals surface area contributed by atoms with Crippen LogP contribution in [-0.2, 0) is 0 Å². The van der Waals surface area contributed by atoms with Gasteiger partial charge in [0.1, 0.15) is 5.82 Å². The lowest BCUT2D eigenvalue weighted by atomic mass is 10.3. The summed E-state index contributed by atoms with van der Waals surface area (Å²) < 4.78 is 14.6. The molecule has 1 aromatic heterocycles. The van der Waals surface area contributed by atoms with E-state index in [-0.39, 0.29) is 11.8 Å². The van der Waals surface area contributed by atoms with E-state index in [0.29, 0.717) is 10.2 Å². The van der Waals surface area contributed by atoms with E-state index in [1.165, 1.54) is 22.9 Å². The van der Waals surface area contributed by atoms with Crippen LogP contribution in [0.1, 0.15) is 0 Å². The van der Waals surface area contributed by atoms with E-state index < -0.39 is 0 Å². The molecule has 1 heterocycles. The summed E-state index contributed by atoms with van der Waals surface area (Å²) in [6.45, 7) is 0. The van der Waals surface area contributed by atoms with Gasteiger partial charge in [-0.25, -0.2) is 4.39 Å². The van der Waals surface area contributed by atoms with Crippen LogP contribution in [0.25, 0.3) is 5.69 Å². The molecule has 0 spiro atoms. The van der Waals surface area contributed by atoms with Crippen LogP contribution in [0.15, 0.2) is 22.7 Å². The number of nitrogens with zero attached hydrogens (tertiary/aromatic N) is 4. The van der Waals surface area contributed by atoms with Gasteiger partial charge in [-0.3, -0.25) is 0 Å². The van der Waals surface area contributed by atoms with Crippen molar-refractivity contribution in [1.29, 1.82) is 0 Å². The van der Waals surface area contributed by atoms with Gasteiger partial charge in [0.15, 0.2) is 0 Å². The molecule has 7 heteroatoms. The van der Waals surface area contributed by atoms with Crippen molar-refractivity contribution in [3.8, 4) is 5.69 Å². The van der Waals surface area contributed by atoms with Gasteiger partial charge >= 0.3 is 0 Å². The molecule has 0 bridgehead atoms. The fourth-order valence-corrected chi connectivity index (χ4v) is 1.54. The van der Waals surface area contributed by atoms with Gasteiger partial charge in [-0.1, -0.05) is 5.10 Å². The molecule has 0 saturated heterocycles. The summed E-state index contributed by atoms with van der Waals surface area (Å²) in [5.74, 6) is -0.190. The zero-order chi connectivity index (χ0) is 10.1. The Labute approximate surface area is 86.8 Å². The van der Waals surface area contributed by atoms with Crippen LogP contribution in [0.3, 0.4) is 0 Å². The molecular formula is C7H5BrFN5. The number of rotatable bonds is 1. The van der Waals surface area contributed by atoms with E-state index in [0.717, 1.165) is 0 Å². The Morgan fingerprint density at radius 1 is 1.43 bits per heavy atom. The number of aromatic nitrogens is 4. The molecule has 0 fully saturated rings. The first-order chi connectivity index (χ1) is 6.68. The van der Waals surface area contributed by atoms with Crippen LogP contribution >= 0.6 is 15.9 Å². The molecule has 2 aromatic rings. The molecule has 72 valence electrons. The van der Waals surface area contributed by atoms with Crippen molar-refractivity contribution in [3.05, 3.63) is 28.5 Å². The Balaban J connectivity index is 2.58. The minimum absolute atomic E-state index is 0.150. The average Bonchev–Trinajstić information content (AvgIpc) is 2.52. The molecule has 14 heavy (non-hydrogen) atoms. The molecule has 0 aliphatic carbocycles. The summed E-state index contributed by atoms with van der Waals surface area (Å²) in [4.78, 5) is 0. The van der Waals surface area contributed by atoms with E-state index in [2.05, 4.69) is 31.5 Å². The second-order valence-electron chi connectivity index (χ2n) is 2.54. The number of halogens is 2. The zero-order valence-electron chi connectivity index (χ0n) is 6.85. The van der Waals surface area contributed by atoms with Crippen LogP contribution < -0.4 is 5.73 Å². The number of nitrogens with two attached hydrogens (primary N) is 1. The largest absolute Gasteiger partial charge is 0.366 e. The van der Waals surface area contributed by atoms with Gasteiger partial charge in [0, 0.05) is 4.47 Å². The van der Waals surface area contributed by atoms with Gasteiger partial charge in [0.05, 0.1) is 5.69 Å². The van der Waals surface area contributed by atoms with E-state index in [1.807, 2.05) is 0 Å². The molecule has 0 aliphatic rings. The summed E-state index contributed by atoms with van der Waals surface area (Å²) >= 11 is 3.19. The van der Waals surface area contributed by atoms with Crippen LogP contribution in [0.4, 0.5) is 10.3 Å². The summed E-state index contributed by atoms with van der Waals surface area (Å²) in [5.41, 5.74) is 6.08. The minimum Gasteiger partial charge on any atom is -0.366 e. The Morgan fingerprint density at radius 3 is 2.79 bits per heavy atom. The standard InChI is InChI=1S/C7H5BrFN5/c8-5-3-4(9)1-2-6(5)14-7(10)11-12-13-14/h1-3H,(H2,10,11,13). The van der Waals surface area contributed by atoms with Gasteiger partial charge < -0.3 is 5.73 Å². The smallest absolute Gasteiger partial charge is 0.245 e. The van der Waals surface area contributed by atoms with Crippen LogP contribution in [0.5, 0.6) is 0 Å². The highest BCUT2D eigenvalue weighted by Crippen LogP contribution is 2.22. The lowest BCUT2D eigenvalue weighted by molar-refractivity contribution is 0.625. The summed E-state index contributed by atoms with van der Waals surface area (Å²) in [6, 6.07) is 4.16. The number of nitrogen functional groups attached to an aromatic ring is 1. The second kappa shape index (κ2) is 3.33. The zero-order valence-corrected chi connectivity index (χ0v) is 8.44. The number of hydrogen-bond acceptors (Lipinski definition) is 4. The Hall–Kier alpha value is -1.50.